The first-order chi connectivity index (χ1) is 12.8. The molecule has 0 bridgehead atoms. The van der Waals surface area contributed by atoms with Crippen molar-refractivity contribution in [3.05, 3.63) is 42.6 Å². The maximum atomic E-state index is 5.63. The van der Waals surface area contributed by atoms with Crippen molar-refractivity contribution in [3.63, 3.8) is 0 Å². The molecule has 130 valence electrons. The van der Waals surface area contributed by atoms with Gasteiger partial charge in [0.25, 0.3) is 6.01 Å². The van der Waals surface area contributed by atoms with Crippen LogP contribution in [0.5, 0.6) is 0 Å². The summed E-state index contributed by atoms with van der Waals surface area (Å²) in [4.78, 5) is 15.9. The number of pyridine rings is 2. The first-order valence-corrected chi connectivity index (χ1v) is 8.65. The number of rotatable bonds is 2. The summed E-state index contributed by atoms with van der Waals surface area (Å²) >= 11 is 0. The smallest absolute Gasteiger partial charge is 0.292 e. The summed E-state index contributed by atoms with van der Waals surface area (Å²) in [7, 11) is 0. The number of nitrogens with one attached hydrogen (secondary N) is 1. The maximum Gasteiger partial charge on any atom is 0.292 e. The Kier molecular flexibility index (Phi) is 3.46. The van der Waals surface area contributed by atoms with Gasteiger partial charge in [0.1, 0.15) is 5.52 Å². The highest BCUT2D eigenvalue weighted by Gasteiger charge is 2.12. The highest BCUT2D eigenvalue weighted by Crippen LogP contribution is 2.26. The van der Waals surface area contributed by atoms with E-state index in [1.807, 2.05) is 36.5 Å². The van der Waals surface area contributed by atoms with Gasteiger partial charge in [0.05, 0.1) is 28.6 Å². The number of aromatic nitrogens is 3. The van der Waals surface area contributed by atoms with Gasteiger partial charge in [-0.1, -0.05) is 0 Å². The molecule has 4 aromatic rings. The number of benzene rings is 1. The first-order valence-electron chi connectivity index (χ1n) is 8.65. The molecule has 1 saturated heterocycles. The lowest BCUT2D eigenvalue weighted by atomic mass is 10.1. The Hall–Kier alpha value is -3.19. The quantitative estimate of drug-likeness (QED) is 0.576. The summed E-state index contributed by atoms with van der Waals surface area (Å²) in [5.41, 5.74) is 11.8. The van der Waals surface area contributed by atoms with Gasteiger partial charge in [-0.2, -0.15) is 4.98 Å². The van der Waals surface area contributed by atoms with Gasteiger partial charge in [0.2, 0.25) is 0 Å². The van der Waals surface area contributed by atoms with Gasteiger partial charge in [-0.15, -0.1) is 0 Å². The number of piperazine rings is 1. The Morgan fingerprint density at radius 3 is 2.73 bits per heavy atom. The van der Waals surface area contributed by atoms with E-state index in [-0.39, 0.29) is 6.01 Å². The lowest BCUT2D eigenvalue weighted by molar-refractivity contribution is 0.589. The Bertz CT molecular complexity index is 1100. The number of nitrogen functional groups attached to an aromatic ring is 1. The second kappa shape index (κ2) is 5.96. The highest BCUT2D eigenvalue weighted by atomic mass is 16.4. The SMILES string of the molecule is Nc1nc2cc(-c3ccc4ncc(N5CCNCC5)cc4n3)ccc2o1. The molecule has 3 aromatic heterocycles. The molecule has 7 nitrogen and oxygen atoms in total. The average molecular weight is 346 g/mol. The molecule has 26 heavy (non-hydrogen) atoms. The highest BCUT2D eigenvalue weighted by molar-refractivity contribution is 5.84. The fourth-order valence-electron chi connectivity index (χ4n) is 3.36. The van der Waals surface area contributed by atoms with Crippen LogP contribution in [0.15, 0.2) is 47.0 Å². The number of anilines is 2. The van der Waals surface area contributed by atoms with E-state index in [1.54, 1.807) is 0 Å². The van der Waals surface area contributed by atoms with E-state index in [1.165, 1.54) is 0 Å². The van der Waals surface area contributed by atoms with Crippen LogP contribution in [-0.2, 0) is 0 Å². The van der Waals surface area contributed by atoms with Crippen molar-refractivity contribution in [2.45, 2.75) is 0 Å². The van der Waals surface area contributed by atoms with Gasteiger partial charge in [-0.25, -0.2) is 4.98 Å². The molecule has 0 saturated carbocycles. The van der Waals surface area contributed by atoms with Crippen LogP contribution in [0.4, 0.5) is 11.7 Å². The van der Waals surface area contributed by atoms with Crippen molar-refractivity contribution in [2.75, 3.05) is 36.8 Å². The molecule has 1 fully saturated rings. The van der Waals surface area contributed by atoms with E-state index < -0.39 is 0 Å². The summed E-state index contributed by atoms with van der Waals surface area (Å²) in [6.45, 7) is 3.95. The molecule has 1 aliphatic rings. The van der Waals surface area contributed by atoms with Gasteiger partial charge in [0, 0.05) is 31.7 Å². The molecular weight excluding hydrogens is 328 g/mol. The zero-order valence-corrected chi connectivity index (χ0v) is 14.1. The Balaban J connectivity index is 1.56. The van der Waals surface area contributed by atoms with Crippen molar-refractivity contribution in [3.8, 4) is 11.3 Å². The molecule has 0 unspecified atom stereocenters. The largest absolute Gasteiger partial charge is 0.424 e. The molecule has 4 heterocycles. The number of oxazole rings is 1. The number of fused-ring (bicyclic) bond motifs is 2. The van der Waals surface area contributed by atoms with Crippen LogP contribution < -0.4 is 16.0 Å². The van der Waals surface area contributed by atoms with Gasteiger partial charge in [-0.05, 0) is 36.4 Å². The van der Waals surface area contributed by atoms with E-state index in [9.17, 15) is 0 Å². The van der Waals surface area contributed by atoms with Crippen molar-refractivity contribution < 1.29 is 4.42 Å². The zero-order chi connectivity index (χ0) is 17.5. The molecule has 0 spiro atoms. The predicted molar refractivity (Wildman–Crippen MR) is 102 cm³/mol. The third kappa shape index (κ3) is 2.62. The summed E-state index contributed by atoms with van der Waals surface area (Å²) in [5, 5.41) is 3.37. The minimum Gasteiger partial charge on any atom is -0.424 e. The molecule has 7 heteroatoms. The normalized spacial score (nSPS) is 15.0. The van der Waals surface area contributed by atoms with Gasteiger partial charge >= 0.3 is 0 Å². The Morgan fingerprint density at radius 2 is 1.85 bits per heavy atom. The zero-order valence-electron chi connectivity index (χ0n) is 14.1. The van der Waals surface area contributed by atoms with Crippen LogP contribution in [0, 0.1) is 0 Å². The summed E-state index contributed by atoms with van der Waals surface area (Å²) < 4.78 is 5.34. The molecule has 0 radical (unpaired) electrons. The Morgan fingerprint density at radius 1 is 0.962 bits per heavy atom. The van der Waals surface area contributed by atoms with Gasteiger partial charge in [0.15, 0.2) is 5.58 Å². The molecule has 1 aliphatic heterocycles. The van der Waals surface area contributed by atoms with Crippen LogP contribution in [0.3, 0.4) is 0 Å². The molecular formula is C19H18N6O. The predicted octanol–water partition coefficient (Wildman–Crippen LogP) is 2.43. The van der Waals surface area contributed by atoms with Crippen LogP contribution in [0.2, 0.25) is 0 Å². The maximum absolute atomic E-state index is 5.63. The van der Waals surface area contributed by atoms with Crippen molar-refractivity contribution in [2.24, 2.45) is 0 Å². The minimum absolute atomic E-state index is 0.175. The van der Waals surface area contributed by atoms with Crippen LogP contribution in [0.1, 0.15) is 0 Å². The van der Waals surface area contributed by atoms with E-state index in [0.29, 0.717) is 5.58 Å². The average Bonchev–Trinajstić information content (AvgIpc) is 3.07. The van der Waals surface area contributed by atoms with E-state index in [0.717, 1.165) is 59.7 Å². The van der Waals surface area contributed by atoms with Crippen LogP contribution in [-0.4, -0.2) is 41.1 Å². The van der Waals surface area contributed by atoms with Gasteiger partial charge < -0.3 is 20.4 Å². The fourth-order valence-corrected chi connectivity index (χ4v) is 3.36. The van der Waals surface area contributed by atoms with E-state index in [2.05, 4.69) is 26.3 Å². The number of nitrogens with two attached hydrogens (primary N) is 1. The van der Waals surface area contributed by atoms with E-state index >= 15 is 0 Å². The monoisotopic (exact) mass is 346 g/mol. The minimum atomic E-state index is 0.175. The number of hydrogen-bond acceptors (Lipinski definition) is 7. The summed E-state index contributed by atoms with van der Waals surface area (Å²) in [5.74, 6) is 0. The standard InChI is InChI=1S/C19H18N6O/c20-19-24-17-9-12(1-4-18(17)26-19)14-2-3-15-16(23-14)10-13(11-22-15)25-7-5-21-6-8-25/h1-4,9-11,21H,5-8H2,(H2,20,24). The van der Waals surface area contributed by atoms with Crippen molar-refractivity contribution in [1.82, 2.24) is 20.3 Å². The number of hydrogen-bond donors (Lipinski definition) is 2. The fraction of sp³-hybridized carbons (Fsp3) is 0.211. The summed E-state index contributed by atoms with van der Waals surface area (Å²) in [6, 6.07) is 12.0. The lowest BCUT2D eigenvalue weighted by Crippen LogP contribution is -2.43. The van der Waals surface area contributed by atoms with Gasteiger partial charge in [-0.3, -0.25) is 4.98 Å². The van der Waals surface area contributed by atoms with Crippen molar-refractivity contribution >= 4 is 33.8 Å². The molecule has 0 aliphatic carbocycles. The molecule has 3 N–H and O–H groups in total. The molecule has 5 rings (SSSR count). The first kappa shape index (κ1) is 15.1. The topological polar surface area (TPSA) is 93.1 Å². The third-order valence-corrected chi connectivity index (χ3v) is 4.70. The molecule has 0 atom stereocenters. The van der Waals surface area contributed by atoms with E-state index in [4.69, 9.17) is 15.1 Å². The molecule has 0 amide bonds. The van der Waals surface area contributed by atoms with Crippen LogP contribution >= 0.6 is 0 Å². The molecule has 1 aromatic carbocycles. The third-order valence-electron chi connectivity index (χ3n) is 4.70. The Labute approximate surface area is 149 Å². The summed E-state index contributed by atoms with van der Waals surface area (Å²) in [6.07, 6.45) is 1.93. The van der Waals surface area contributed by atoms with Crippen molar-refractivity contribution in [1.29, 1.82) is 0 Å². The lowest BCUT2D eigenvalue weighted by Gasteiger charge is -2.29. The number of nitrogens with zero attached hydrogens (tertiary/aromatic N) is 4. The second-order valence-electron chi connectivity index (χ2n) is 6.40. The van der Waals surface area contributed by atoms with Crippen LogP contribution in [0.25, 0.3) is 33.4 Å². The second-order valence-corrected chi connectivity index (χ2v) is 6.40.